The Morgan fingerprint density at radius 2 is 1.53 bits per heavy atom. The molecule has 0 aliphatic carbocycles. The molecule has 3 aliphatic rings. The zero-order valence-electron chi connectivity index (χ0n) is 10.6. The van der Waals surface area contributed by atoms with E-state index < -0.39 is 6.49 Å². The molecule has 0 amide bonds. The molecule has 0 radical (unpaired) electrons. The summed E-state index contributed by atoms with van der Waals surface area (Å²) in [5.74, 6) is 0.958. The van der Waals surface area contributed by atoms with Crippen molar-refractivity contribution in [2.24, 2.45) is 11.8 Å². The van der Waals surface area contributed by atoms with Crippen LogP contribution in [0.4, 0.5) is 0 Å². The molecule has 19 heavy (non-hydrogen) atoms. The average molecular weight is 296 g/mol. The predicted octanol–water partition coefficient (Wildman–Crippen LogP) is 2.46. The van der Waals surface area contributed by atoms with E-state index in [1.165, 1.54) is 12.8 Å². The fraction of sp³-hybridized carbons (Fsp3) is 0.571. The lowest BCUT2D eigenvalue weighted by Crippen LogP contribution is -2.31. The summed E-state index contributed by atoms with van der Waals surface area (Å²) >= 11 is 5.71. The van der Waals surface area contributed by atoms with Gasteiger partial charge in [-0.15, -0.1) is 0 Å². The van der Waals surface area contributed by atoms with Gasteiger partial charge in [-0.1, -0.05) is 18.2 Å². The van der Waals surface area contributed by atoms with E-state index in [0.29, 0.717) is 37.3 Å². The van der Waals surface area contributed by atoms with E-state index in [1.807, 2.05) is 30.3 Å². The van der Waals surface area contributed by atoms with Crippen LogP contribution in [0.1, 0.15) is 12.8 Å². The minimum Gasteiger partial charge on any atom is -0.374 e. The maximum absolute atomic E-state index is 6.07. The van der Waals surface area contributed by atoms with Gasteiger partial charge in [-0.25, -0.2) is 0 Å². The Bertz CT molecular complexity index is 497. The molecule has 4 atom stereocenters. The molecule has 4 unspecified atom stereocenters. The van der Waals surface area contributed by atoms with Gasteiger partial charge in [0.2, 0.25) is 6.49 Å². The standard InChI is InChI=1S/C14H17O3PS/c19-18(10-4-2-1-3-5-10)15-8-11-12(9-16-18)14-7-6-13(11)17-14/h1-5,11-14H,6-9H2. The van der Waals surface area contributed by atoms with Gasteiger partial charge in [0.25, 0.3) is 0 Å². The second-order valence-corrected chi connectivity index (χ2v) is 9.01. The Kier molecular flexibility index (Phi) is 3.05. The molecule has 0 spiro atoms. The van der Waals surface area contributed by atoms with Gasteiger partial charge >= 0.3 is 0 Å². The predicted molar refractivity (Wildman–Crippen MR) is 77.1 cm³/mol. The summed E-state index contributed by atoms with van der Waals surface area (Å²) in [6, 6.07) is 10.0. The Balaban J connectivity index is 1.60. The zero-order chi connectivity index (χ0) is 12.9. The summed E-state index contributed by atoms with van der Waals surface area (Å²) in [4.78, 5) is 0. The van der Waals surface area contributed by atoms with Crippen molar-refractivity contribution in [1.29, 1.82) is 0 Å². The molecular formula is C14H17O3PS. The van der Waals surface area contributed by atoms with Crippen LogP contribution in [0, 0.1) is 11.8 Å². The highest BCUT2D eigenvalue weighted by Gasteiger charge is 2.51. The highest BCUT2D eigenvalue weighted by atomic mass is 32.5. The Labute approximate surface area is 118 Å². The smallest absolute Gasteiger partial charge is 0.219 e. The molecular weight excluding hydrogens is 279 g/mol. The summed E-state index contributed by atoms with van der Waals surface area (Å²) in [5, 5.41) is 1.03. The van der Waals surface area contributed by atoms with Crippen molar-refractivity contribution in [1.82, 2.24) is 0 Å². The lowest BCUT2D eigenvalue weighted by molar-refractivity contribution is 0.0741. The van der Waals surface area contributed by atoms with Gasteiger partial charge < -0.3 is 13.8 Å². The molecule has 0 N–H and O–H groups in total. The van der Waals surface area contributed by atoms with E-state index in [4.69, 9.17) is 25.6 Å². The number of hydrogen-bond donors (Lipinski definition) is 0. The maximum atomic E-state index is 6.07. The third-order valence-corrected chi connectivity index (χ3v) is 7.71. The van der Waals surface area contributed by atoms with E-state index in [0.717, 1.165) is 5.30 Å². The van der Waals surface area contributed by atoms with Crippen molar-refractivity contribution < 1.29 is 13.8 Å². The van der Waals surface area contributed by atoms with E-state index in [9.17, 15) is 0 Å². The normalized spacial score (nSPS) is 44.8. The molecule has 1 aromatic carbocycles. The minimum absolute atomic E-state index is 0.371. The van der Waals surface area contributed by atoms with Gasteiger partial charge in [-0.05, 0) is 36.8 Å². The first kappa shape index (κ1) is 12.5. The third-order valence-electron chi connectivity index (χ3n) is 4.54. The van der Waals surface area contributed by atoms with Gasteiger partial charge in [-0.2, -0.15) is 0 Å². The first-order valence-corrected chi connectivity index (χ1v) is 9.50. The van der Waals surface area contributed by atoms with Gasteiger partial charge in [0, 0.05) is 17.1 Å². The van der Waals surface area contributed by atoms with Crippen molar-refractivity contribution in [3.8, 4) is 0 Å². The van der Waals surface area contributed by atoms with Crippen LogP contribution in [0.15, 0.2) is 30.3 Å². The summed E-state index contributed by atoms with van der Waals surface area (Å²) in [6.07, 6.45) is 3.08. The summed E-state index contributed by atoms with van der Waals surface area (Å²) in [5.41, 5.74) is 0. The molecule has 3 heterocycles. The van der Waals surface area contributed by atoms with Crippen LogP contribution >= 0.6 is 6.49 Å². The molecule has 5 heteroatoms. The molecule has 4 rings (SSSR count). The van der Waals surface area contributed by atoms with Gasteiger partial charge in [-0.3, -0.25) is 0 Å². The van der Waals surface area contributed by atoms with Crippen LogP contribution in [0.3, 0.4) is 0 Å². The van der Waals surface area contributed by atoms with E-state index >= 15 is 0 Å². The fourth-order valence-electron chi connectivity index (χ4n) is 3.50. The average Bonchev–Trinajstić information content (AvgIpc) is 3.00. The van der Waals surface area contributed by atoms with Crippen molar-refractivity contribution in [3.05, 3.63) is 30.3 Å². The Hall–Kier alpha value is -0.250. The van der Waals surface area contributed by atoms with Crippen molar-refractivity contribution in [2.75, 3.05) is 13.2 Å². The van der Waals surface area contributed by atoms with Crippen LogP contribution in [0.5, 0.6) is 0 Å². The van der Waals surface area contributed by atoms with Crippen LogP contribution in [-0.4, -0.2) is 25.4 Å². The Morgan fingerprint density at radius 1 is 0.947 bits per heavy atom. The molecule has 3 fully saturated rings. The largest absolute Gasteiger partial charge is 0.374 e. The number of benzene rings is 1. The molecule has 0 saturated carbocycles. The summed E-state index contributed by atoms with van der Waals surface area (Å²) in [6.45, 7) is -0.926. The number of ether oxygens (including phenoxy) is 1. The molecule has 3 aliphatic heterocycles. The first-order valence-electron chi connectivity index (χ1n) is 6.86. The van der Waals surface area contributed by atoms with Crippen LogP contribution in [0.2, 0.25) is 0 Å². The quantitative estimate of drug-likeness (QED) is 0.744. The zero-order valence-corrected chi connectivity index (χ0v) is 12.3. The number of fused-ring (bicyclic) bond motifs is 5. The first-order chi connectivity index (χ1) is 9.26. The fourth-order valence-corrected chi connectivity index (χ4v) is 5.87. The van der Waals surface area contributed by atoms with Crippen LogP contribution in [0.25, 0.3) is 0 Å². The van der Waals surface area contributed by atoms with Crippen LogP contribution in [-0.2, 0) is 25.6 Å². The topological polar surface area (TPSA) is 27.7 Å². The molecule has 0 aromatic heterocycles. The molecule has 3 saturated heterocycles. The SMILES string of the molecule is S=P1(c2ccccc2)OCC2C3CCC(O3)C2CO1. The van der Waals surface area contributed by atoms with Gasteiger partial charge in [0.1, 0.15) is 0 Å². The lowest BCUT2D eigenvalue weighted by atomic mass is 9.80. The molecule has 3 nitrogen and oxygen atoms in total. The van der Waals surface area contributed by atoms with Crippen molar-refractivity contribution in [3.63, 3.8) is 0 Å². The highest BCUT2D eigenvalue weighted by molar-refractivity contribution is 8.13. The van der Waals surface area contributed by atoms with Gasteiger partial charge in [0.05, 0.1) is 25.4 Å². The monoisotopic (exact) mass is 296 g/mol. The number of hydrogen-bond acceptors (Lipinski definition) is 4. The highest BCUT2D eigenvalue weighted by Crippen LogP contribution is 2.55. The van der Waals surface area contributed by atoms with Crippen molar-refractivity contribution >= 4 is 23.6 Å². The maximum Gasteiger partial charge on any atom is 0.219 e. The molecule has 1 aromatic rings. The van der Waals surface area contributed by atoms with Crippen molar-refractivity contribution in [2.45, 2.75) is 25.0 Å². The van der Waals surface area contributed by atoms with E-state index in [2.05, 4.69) is 0 Å². The van der Waals surface area contributed by atoms with E-state index in [1.54, 1.807) is 0 Å². The van der Waals surface area contributed by atoms with Gasteiger partial charge in [0.15, 0.2) is 0 Å². The second kappa shape index (κ2) is 4.64. The Morgan fingerprint density at radius 3 is 2.11 bits per heavy atom. The third kappa shape index (κ3) is 2.01. The van der Waals surface area contributed by atoms with Crippen LogP contribution < -0.4 is 5.30 Å². The summed E-state index contributed by atoms with van der Waals surface area (Å²) in [7, 11) is 0. The molecule has 102 valence electrons. The number of rotatable bonds is 1. The minimum atomic E-state index is -2.31. The van der Waals surface area contributed by atoms with E-state index in [-0.39, 0.29) is 0 Å². The second-order valence-electron chi connectivity index (χ2n) is 5.54. The lowest BCUT2D eigenvalue weighted by Gasteiger charge is -2.23. The molecule has 2 bridgehead atoms. The summed E-state index contributed by atoms with van der Waals surface area (Å²) < 4.78 is 18.1.